The molecule has 1 amide bonds. The predicted molar refractivity (Wildman–Crippen MR) is 84.3 cm³/mol. The number of hydrogen-bond donors (Lipinski definition) is 1. The maximum atomic E-state index is 14.1. The fraction of sp³-hybridized carbons (Fsp3) is 0.176. The zero-order valence-corrected chi connectivity index (χ0v) is 12.5. The van der Waals surface area contributed by atoms with Gasteiger partial charge < -0.3 is 5.32 Å². The summed E-state index contributed by atoms with van der Waals surface area (Å²) in [7, 11) is 0. The maximum absolute atomic E-state index is 14.1. The molecule has 0 unspecified atom stereocenters. The third kappa shape index (κ3) is 2.90. The van der Waals surface area contributed by atoms with Gasteiger partial charge in [-0.1, -0.05) is 48.5 Å². The van der Waals surface area contributed by atoms with Crippen molar-refractivity contribution in [1.82, 2.24) is 5.32 Å². The van der Waals surface area contributed by atoms with Crippen LogP contribution in [-0.2, 0) is 4.79 Å². The Kier molecular flexibility index (Phi) is 4.24. The van der Waals surface area contributed by atoms with Crippen LogP contribution in [0.2, 0.25) is 0 Å². The topological polar surface area (TPSA) is 46.2 Å². The molecule has 112 valence electrons. The molecule has 0 aliphatic carbocycles. The molecule has 0 bridgehead atoms. The molecule has 22 heavy (non-hydrogen) atoms. The minimum absolute atomic E-state index is 0.0983. The van der Waals surface area contributed by atoms with Crippen molar-refractivity contribution >= 4 is 23.5 Å². The van der Waals surface area contributed by atoms with Crippen LogP contribution in [0.15, 0.2) is 54.6 Å². The summed E-state index contributed by atoms with van der Waals surface area (Å²) in [5.74, 6) is -0.496. The van der Waals surface area contributed by atoms with E-state index in [1.54, 1.807) is 42.5 Å². The number of halogens is 1. The van der Waals surface area contributed by atoms with Crippen LogP contribution in [0, 0.1) is 5.82 Å². The number of rotatable bonds is 3. The van der Waals surface area contributed by atoms with E-state index in [9.17, 15) is 14.0 Å². The fourth-order valence-electron chi connectivity index (χ4n) is 2.51. The average molecular weight is 315 g/mol. The van der Waals surface area contributed by atoms with Gasteiger partial charge in [0.2, 0.25) is 5.91 Å². The molecule has 0 radical (unpaired) electrons. The molecule has 5 heteroatoms. The molecule has 1 saturated heterocycles. The van der Waals surface area contributed by atoms with Gasteiger partial charge in [-0.15, -0.1) is 11.8 Å². The Labute approximate surface area is 131 Å². The SMILES string of the molecule is O=C1CS[C@@H](C(=O)c2ccccc2)[C@H](c2ccccc2F)N1. The number of ketones is 1. The molecule has 0 aromatic heterocycles. The molecule has 1 heterocycles. The minimum atomic E-state index is -0.653. The average Bonchev–Trinajstić information content (AvgIpc) is 2.55. The van der Waals surface area contributed by atoms with Gasteiger partial charge in [-0.05, 0) is 6.07 Å². The van der Waals surface area contributed by atoms with Crippen molar-refractivity contribution in [2.75, 3.05) is 5.75 Å². The molecule has 1 N–H and O–H groups in total. The van der Waals surface area contributed by atoms with Crippen LogP contribution < -0.4 is 5.32 Å². The Balaban J connectivity index is 1.96. The van der Waals surface area contributed by atoms with Crippen molar-refractivity contribution in [3.05, 3.63) is 71.5 Å². The van der Waals surface area contributed by atoms with Gasteiger partial charge in [0.15, 0.2) is 5.78 Å². The van der Waals surface area contributed by atoms with Gasteiger partial charge >= 0.3 is 0 Å². The van der Waals surface area contributed by atoms with Gasteiger partial charge in [-0.2, -0.15) is 0 Å². The summed E-state index contributed by atoms with van der Waals surface area (Å²) < 4.78 is 14.1. The van der Waals surface area contributed by atoms with Crippen molar-refractivity contribution in [3.8, 4) is 0 Å². The molecule has 2 aromatic rings. The molecule has 2 aromatic carbocycles. The molecule has 1 aliphatic rings. The number of Topliss-reactive ketones (excluding diaryl/α,β-unsaturated/α-hetero) is 1. The van der Waals surface area contributed by atoms with Crippen molar-refractivity contribution in [2.45, 2.75) is 11.3 Å². The molecule has 1 fully saturated rings. The van der Waals surface area contributed by atoms with Crippen LogP contribution in [0.25, 0.3) is 0 Å². The summed E-state index contributed by atoms with van der Waals surface area (Å²) >= 11 is 1.26. The Morgan fingerprint density at radius 2 is 1.77 bits per heavy atom. The van der Waals surface area contributed by atoms with Crippen LogP contribution in [0.3, 0.4) is 0 Å². The summed E-state index contributed by atoms with van der Waals surface area (Å²) in [5, 5.41) is 2.22. The quantitative estimate of drug-likeness (QED) is 0.886. The smallest absolute Gasteiger partial charge is 0.230 e. The van der Waals surface area contributed by atoms with Gasteiger partial charge in [0.05, 0.1) is 17.0 Å². The first kappa shape index (κ1) is 14.8. The largest absolute Gasteiger partial charge is 0.347 e. The van der Waals surface area contributed by atoms with Crippen molar-refractivity contribution in [2.24, 2.45) is 0 Å². The van der Waals surface area contributed by atoms with E-state index >= 15 is 0 Å². The lowest BCUT2D eigenvalue weighted by Gasteiger charge is -2.31. The predicted octanol–water partition coefficient (Wildman–Crippen LogP) is 2.98. The minimum Gasteiger partial charge on any atom is -0.347 e. The Bertz CT molecular complexity index is 705. The lowest BCUT2D eigenvalue weighted by atomic mass is 9.96. The van der Waals surface area contributed by atoms with Gasteiger partial charge in [0, 0.05) is 11.1 Å². The second-order valence-corrected chi connectivity index (χ2v) is 6.16. The first-order chi connectivity index (χ1) is 10.7. The lowest BCUT2D eigenvalue weighted by Crippen LogP contribution is -2.44. The van der Waals surface area contributed by atoms with Crippen LogP contribution in [0.5, 0.6) is 0 Å². The molecular weight excluding hydrogens is 301 g/mol. The Hall–Kier alpha value is -2.14. The van der Waals surface area contributed by atoms with Crippen molar-refractivity contribution in [3.63, 3.8) is 0 Å². The third-order valence-electron chi connectivity index (χ3n) is 3.57. The highest BCUT2D eigenvalue weighted by molar-refractivity contribution is 8.01. The van der Waals surface area contributed by atoms with E-state index in [4.69, 9.17) is 0 Å². The zero-order valence-electron chi connectivity index (χ0n) is 11.7. The second-order valence-electron chi connectivity index (χ2n) is 5.03. The normalized spacial score (nSPS) is 21.2. The van der Waals surface area contributed by atoms with Gasteiger partial charge in [-0.25, -0.2) is 4.39 Å². The number of nitrogens with one attached hydrogen (secondary N) is 1. The van der Waals surface area contributed by atoms with E-state index < -0.39 is 17.1 Å². The standard InChI is InChI=1S/C17H14FNO2S/c18-13-9-5-4-8-12(13)15-17(22-10-14(20)19-15)16(21)11-6-2-1-3-7-11/h1-9,15,17H,10H2,(H,19,20)/t15-,17+/m0/s1. The van der Waals surface area contributed by atoms with E-state index in [1.807, 2.05) is 6.07 Å². The highest BCUT2D eigenvalue weighted by Gasteiger charge is 2.37. The maximum Gasteiger partial charge on any atom is 0.230 e. The second kappa shape index (κ2) is 6.32. The molecule has 0 spiro atoms. The zero-order chi connectivity index (χ0) is 15.5. The van der Waals surface area contributed by atoms with Gasteiger partial charge in [0.1, 0.15) is 5.82 Å². The Morgan fingerprint density at radius 1 is 1.09 bits per heavy atom. The molecule has 1 aliphatic heterocycles. The highest BCUT2D eigenvalue weighted by atomic mass is 32.2. The van der Waals surface area contributed by atoms with E-state index in [-0.39, 0.29) is 17.4 Å². The number of hydrogen-bond acceptors (Lipinski definition) is 3. The van der Waals surface area contributed by atoms with Gasteiger partial charge in [0.25, 0.3) is 0 Å². The molecule has 3 nitrogen and oxygen atoms in total. The monoisotopic (exact) mass is 315 g/mol. The van der Waals surface area contributed by atoms with Crippen LogP contribution in [-0.4, -0.2) is 22.7 Å². The molecule has 2 atom stereocenters. The van der Waals surface area contributed by atoms with Crippen LogP contribution in [0.1, 0.15) is 22.0 Å². The third-order valence-corrected chi connectivity index (χ3v) is 4.84. The highest BCUT2D eigenvalue weighted by Crippen LogP contribution is 2.33. The number of thioether (sulfide) groups is 1. The van der Waals surface area contributed by atoms with Gasteiger partial charge in [-0.3, -0.25) is 9.59 Å². The van der Waals surface area contributed by atoms with E-state index in [2.05, 4.69) is 5.32 Å². The molecular formula is C17H14FNO2S. The Morgan fingerprint density at radius 3 is 2.50 bits per heavy atom. The fourth-order valence-corrected chi connectivity index (χ4v) is 3.62. The van der Waals surface area contributed by atoms with Crippen LogP contribution in [0.4, 0.5) is 4.39 Å². The van der Waals surface area contributed by atoms with Crippen molar-refractivity contribution in [1.29, 1.82) is 0 Å². The first-order valence-corrected chi connectivity index (χ1v) is 7.96. The summed E-state index contributed by atoms with van der Waals surface area (Å²) in [5.41, 5.74) is 0.912. The van der Waals surface area contributed by atoms with E-state index in [0.29, 0.717) is 11.1 Å². The molecule has 3 rings (SSSR count). The summed E-state index contributed by atoms with van der Waals surface area (Å²) in [4.78, 5) is 24.4. The van der Waals surface area contributed by atoms with E-state index in [0.717, 1.165) is 0 Å². The summed E-state index contributed by atoms with van der Waals surface area (Å²) in [6, 6.07) is 14.5. The van der Waals surface area contributed by atoms with Crippen LogP contribution >= 0.6 is 11.8 Å². The first-order valence-electron chi connectivity index (χ1n) is 6.91. The number of carbonyl (C=O) groups is 2. The number of benzene rings is 2. The summed E-state index contributed by atoms with van der Waals surface area (Å²) in [6.45, 7) is 0. The molecule has 0 saturated carbocycles. The summed E-state index contributed by atoms with van der Waals surface area (Å²) in [6.07, 6.45) is 0. The van der Waals surface area contributed by atoms with Crippen molar-refractivity contribution < 1.29 is 14.0 Å². The van der Waals surface area contributed by atoms with E-state index in [1.165, 1.54) is 17.8 Å². The lowest BCUT2D eigenvalue weighted by molar-refractivity contribution is -0.119. The number of amides is 1. The number of carbonyl (C=O) groups excluding carboxylic acids is 2.